The molecular formula is C10H14O. The second kappa shape index (κ2) is 1.77. The van der Waals surface area contributed by atoms with Crippen molar-refractivity contribution in [3.05, 3.63) is 12.2 Å². The Labute approximate surface area is 67.5 Å². The highest BCUT2D eigenvalue weighted by Gasteiger charge is 2.52. The molecule has 60 valence electrons. The molecule has 1 nitrogen and oxygen atoms in total. The summed E-state index contributed by atoms with van der Waals surface area (Å²) in [5.41, 5.74) is 1.41. The smallest absolute Gasteiger partial charge is 0.140 e. The maximum absolute atomic E-state index is 11.3. The topological polar surface area (TPSA) is 17.1 Å². The highest BCUT2D eigenvalue weighted by molar-refractivity contribution is 5.88. The van der Waals surface area contributed by atoms with Crippen molar-refractivity contribution in [3.8, 4) is 0 Å². The van der Waals surface area contributed by atoms with Crippen molar-refractivity contribution in [2.24, 2.45) is 17.3 Å². The molecule has 0 saturated heterocycles. The summed E-state index contributed by atoms with van der Waals surface area (Å²) in [6.45, 7) is 8.45. The van der Waals surface area contributed by atoms with Crippen molar-refractivity contribution in [1.29, 1.82) is 0 Å². The Bertz CT molecular complexity index is 237. The fourth-order valence-corrected chi connectivity index (χ4v) is 2.48. The van der Waals surface area contributed by atoms with E-state index in [1.54, 1.807) is 0 Å². The number of carbonyl (C=O) groups is 1. The number of allylic oxidation sites excluding steroid dienone is 1. The summed E-state index contributed by atoms with van der Waals surface area (Å²) >= 11 is 0. The molecule has 0 aromatic heterocycles. The lowest BCUT2D eigenvalue weighted by atomic mass is 9.73. The zero-order valence-corrected chi connectivity index (χ0v) is 7.18. The maximum atomic E-state index is 11.3. The molecule has 11 heavy (non-hydrogen) atoms. The van der Waals surface area contributed by atoms with E-state index in [1.807, 2.05) is 0 Å². The largest absolute Gasteiger partial charge is 0.299 e. The lowest BCUT2D eigenvalue weighted by Gasteiger charge is -2.31. The highest BCUT2D eigenvalue weighted by atomic mass is 16.1. The third-order valence-electron chi connectivity index (χ3n) is 3.63. The number of carbonyl (C=O) groups excluding carboxylic acids is 1. The van der Waals surface area contributed by atoms with Gasteiger partial charge in [-0.2, -0.15) is 0 Å². The first-order valence-corrected chi connectivity index (χ1v) is 4.25. The molecule has 2 bridgehead atoms. The molecule has 2 atom stereocenters. The van der Waals surface area contributed by atoms with Gasteiger partial charge in [-0.05, 0) is 17.8 Å². The maximum Gasteiger partial charge on any atom is 0.140 e. The monoisotopic (exact) mass is 150 g/mol. The lowest BCUT2D eigenvalue weighted by molar-refractivity contribution is -0.121. The second-order valence-corrected chi connectivity index (χ2v) is 4.40. The molecule has 2 fully saturated rings. The van der Waals surface area contributed by atoms with E-state index < -0.39 is 0 Å². The highest BCUT2D eigenvalue weighted by Crippen LogP contribution is 2.56. The Kier molecular flexibility index (Phi) is 1.14. The molecule has 0 aliphatic heterocycles. The van der Waals surface area contributed by atoms with Crippen LogP contribution < -0.4 is 0 Å². The van der Waals surface area contributed by atoms with Gasteiger partial charge in [0.25, 0.3) is 0 Å². The summed E-state index contributed by atoms with van der Waals surface area (Å²) in [5, 5.41) is 0. The Morgan fingerprint density at radius 2 is 2.18 bits per heavy atom. The molecule has 0 amide bonds. The summed E-state index contributed by atoms with van der Waals surface area (Å²) < 4.78 is 0. The van der Waals surface area contributed by atoms with E-state index >= 15 is 0 Å². The van der Waals surface area contributed by atoms with Gasteiger partial charge >= 0.3 is 0 Å². The van der Waals surface area contributed by atoms with E-state index in [9.17, 15) is 4.79 Å². The quantitative estimate of drug-likeness (QED) is 0.484. The predicted octanol–water partition coefficient (Wildman–Crippen LogP) is 2.18. The van der Waals surface area contributed by atoms with Gasteiger partial charge in [-0.25, -0.2) is 0 Å². The van der Waals surface area contributed by atoms with Crippen molar-refractivity contribution in [2.45, 2.75) is 26.7 Å². The molecule has 0 heterocycles. The van der Waals surface area contributed by atoms with Gasteiger partial charge in [0.2, 0.25) is 0 Å². The molecule has 2 aliphatic rings. The molecule has 0 unspecified atom stereocenters. The fraction of sp³-hybridized carbons (Fsp3) is 0.700. The van der Waals surface area contributed by atoms with Crippen LogP contribution in [0.3, 0.4) is 0 Å². The van der Waals surface area contributed by atoms with Gasteiger partial charge in [-0.1, -0.05) is 26.0 Å². The standard InChI is InChI=1S/C10H14O/c1-6-8-4-7(5-9(8)11)10(6,2)3/h7-8H,1,4-5H2,2-3H3/t7-,8-/m0/s1. The number of Topliss-reactive ketones (excluding diaryl/α,β-unsaturated/α-hetero) is 1. The van der Waals surface area contributed by atoms with Crippen molar-refractivity contribution >= 4 is 5.78 Å². The first kappa shape index (κ1) is 7.08. The number of ketones is 1. The normalized spacial score (nSPS) is 40.2. The summed E-state index contributed by atoms with van der Waals surface area (Å²) in [6.07, 6.45) is 1.88. The van der Waals surface area contributed by atoms with Crippen molar-refractivity contribution in [2.75, 3.05) is 0 Å². The van der Waals surface area contributed by atoms with Crippen molar-refractivity contribution < 1.29 is 4.79 Å². The van der Waals surface area contributed by atoms with Gasteiger partial charge < -0.3 is 0 Å². The molecule has 0 N–H and O–H groups in total. The van der Waals surface area contributed by atoms with E-state index in [-0.39, 0.29) is 11.3 Å². The average Bonchev–Trinajstić information content (AvgIpc) is 2.36. The van der Waals surface area contributed by atoms with Gasteiger partial charge in [0.1, 0.15) is 5.78 Å². The van der Waals surface area contributed by atoms with Crippen molar-refractivity contribution in [3.63, 3.8) is 0 Å². The first-order valence-electron chi connectivity index (χ1n) is 4.25. The number of fused-ring (bicyclic) bond motifs is 2. The van der Waals surface area contributed by atoms with Crippen LogP contribution in [0, 0.1) is 17.3 Å². The third-order valence-corrected chi connectivity index (χ3v) is 3.63. The SMILES string of the molecule is C=C1[C@@H]2C[C@@H](CC2=O)C1(C)C. The van der Waals surface area contributed by atoms with E-state index in [4.69, 9.17) is 0 Å². The van der Waals surface area contributed by atoms with Gasteiger partial charge in [-0.15, -0.1) is 0 Å². The molecule has 2 aliphatic carbocycles. The van der Waals surface area contributed by atoms with E-state index in [0.717, 1.165) is 12.8 Å². The summed E-state index contributed by atoms with van der Waals surface area (Å²) in [6, 6.07) is 0. The zero-order valence-electron chi connectivity index (χ0n) is 7.18. The molecule has 0 aromatic carbocycles. The van der Waals surface area contributed by atoms with E-state index in [2.05, 4.69) is 20.4 Å². The van der Waals surface area contributed by atoms with Gasteiger partial charge in [0.05, 0.1) is 0 Å². The molecule has 0 aromatic rings. The summed E-state index contributed by atoms with van der Waals surface area (Å²) in [5.74, 6) is 1.24. The number of hydrogen-bond donors (Lipinski definition) is 0. The third kappa shape index (κ3) is 0.688. The van der Waals surface area contributed by atoms with Crippen LogP contribution in [0.15, 0.2) is 12.2 Å². The van der Waals surface area contributed by atoms with Crippen LogP contribution in [0.1, 0.15) is 26.7 Å². The molecule has 0 radical (unpaired) electrons. The number of hydrogen-bond acceptors (Lipinski definition) is 1. The fourth-order valence-electron chi connectivity index (χ4n) is 2.48. The minimum atomic E-state index is 0.218. The van der Waals surface area contributed by atoms with Gasteiger partial charge in [-0.3, -0.25) is 4.79 Å². The van der Waals surface area contributed by atoms with E-state index in [0.29, 0.717) is 11.7 Å². The minimum Gasteiger partial charge on any atom is -0.299 e. The van der Waals surface area contributed by atoms with Crippen LogP contribution in [0.4, 0.5) is 0 Å². The Hall–Kier alpha value is -0.590. The molecule has 0 spiro atoms. The lowest BCUT2D eigenvalue weighted by Crippen LogP contribution is -2.26. The van der Waals surface area contributed by atoms with Crippen LogP contribution in [-0.2, 0) is 4.79 Å². The molecule has 1 heteroatoms. The van der Waals surface area contributed by atoms with Gasteiger partial charge in [0.15, 0.2) is 0 Å². The number of rotatable bonds is 0. The van der Waals surface area contributed by atoms with Crippen LogP contribution in [0.2, 0.25) is 0 Å². The van der Waals surface area contributed by atoms with Crippen LogP contribution in [0.5, 0.6) is 0 Å². The average molecular weight is 150 g/mol. The second-order valence-electron chi connectivity index (χ2n) is 4.40. The minimum absolute atomic E-state index is 0.218. The van der Waals surface area contributed by atoms with Crippen LogP contribution in [0.25, 0.3) is 0 Å². The van der Waals surface area contributed by atoms with Crippen molar-refractivity contribution in [1.82, 2.24) is 0 Å². The molecule has 2 saturated carbocycles. The predicted molar refractivity (Wildman–Crippen MR) is 44.1 cm³/mol. The zero-order chi connectivity index (χ0) is 8.22. The Morgan fingerprint density at radius 3 is 2.55 bits per heavy atom. The molecular weight excluding hydrogens is 136 g/mol. The van der Waals surface area contributed by atoms with Crippen LogP contribution in [-0.4, -0.2) is 5.78 Å². The molecule has 2 rings (SSSR count). The summed E-state index contributed by atoms with van der Waals surface area (Å²) in [4.78, 5) is 11.3. The Morgan fingerprint density at radius 1 is 1.55 bits per heavy atom. The van der Waals surface area contributed by atoms with Gasteiger partial charge in [0, 0.05) is 12.3 Å². The first-order chi connectivity index (χ1) is 5.03. The van der Waals surface area contributed by atoms with E-state index in [1.165, 1.54) is 5.57 Å². The summed E-state index contributed by atoms with van der Waals surface area (Å²) in [7, 11) is 0. The van der Waals surface area contributed by atoms with Crippen LogP contribution >= 0.6 is 0 Å². The Balaban J connectivity index is 2.39.